The molecule has 0 heterocycles. The first-order valence-electron chi connectivity index (χ1n) is 5.06. The summed E-state index contributed by atoms with van der Waals surface area (Å²) in [5, 5.41) is 4.34. The van der Waals surface area contributed by atoms with Gasteiger partial charge in [0.1, 0.15) is 0 Å². The predicted molar refractivity (Wildman–Crippen MR) is 72.7 cm³/mol. The first-order chi connectivity index (χ1) is 7.79. The summed E-state index contributed by atoms with van der Waals surface area (Å²) in [7, 11) is 0. The van der Waals surface area contributed by atoms with E-state index in [-0.39, 0.29) is 59.1 Å². The van der Waals surface area contributed by atoms with Crippen LogP contribution >= 0.6 is 0 Å². The van der Waals surface area contributed by atoms with E-state index in [0.717, 1.165) is 31.3 Å². The third kappa shape index (κ3) is 2.72. The Kier molecular flexibility index (Phi) is 6.36. The summed E-state index contributed by atoms with van der Waals surface area (Å²) >= 11 is 11.0. The Bertz CT molecular complexity index is 579. The predicted octanol–water partition coefficient (Wildman–Crippen LogP) is -2.19. The van der Waals surface area contributed by atoms with Crippen molar-refractivity contribution >= 4 is 46.8 Å². The molecule has 3 rings (SSSR count). The van der Waals surface area contributed by atoms with Crippen molar-refractivity contribution in [3.05, 3.63) is 48.5 Å². The fourth-order valence-electron chi connectivity index (χ4n) is 2.05. The summed E-state index contributed by atoms with van der Waals surface area (Å²) in [5.74, 6) is 0. The maximum atomic E-state index is 5.51. The molecule has 0 atom stereocenters. The number of rotatable bonds is 0. The van der Waals surface area contributed by atoms with E-state index < -0.39 is 0 Å². The Balaban J connectivity index is 0.000000810. The van der Waals surface area contributed by atoms with Gasteiger partial charge in [0.15, 0.2) is 0 Å². The maximum Gasteiger partial charge on any atom is 1.00 e. The van der Waals surface area contributed by atoms with E-state index in [0.29, 0.717) is 0 Å². The van der Waals surface area contributed by atoms with Crippen LogP contribution in [0.15, 0.2) is 58.3 Å². The Morgan fingerprint density at radius 2 is 0.722 bits per heavy atom. The van der Waals surface area contributed by atoms with Crippen LogP contribution in [0.25, 0.3) is 21.5 Å². The molecular formula is C14H8Na2S2. The van der Waals surface area contributed by atoms with Gasteiger partial charge in [0, 0.05) is 0 Å². The Morgan fingerprint density at radius 1 is 0.500 bits per heavy atom. The molecule has 0 saturated carbocycles. The normalized spacial score (nSPS) is 9.78. The summed E-state index contributed by atoms with van der Waals surface area (Å²) in [6.45, 7) is 0. The molecule has 0 amide bonds. The summed E-state index contributed by atoms with van der Waals surface area (Å²) in [4.78, 5) is 1.81. The zero-order chi connectivity index (χ0) is 11.1. The van der Waals surface area contributed by atoms with Crippen LogP contribution in [0.1, 0.15) is 0 Å². The van der Waals surface area contributed by atoms with Crippen molar-refractivity contribution in [2.75, 3.05) is 0 Å². The average molecular weight is 286 g/mol. The fraction of sp³-hybridized carbons (Fsp3) is 0. The molecule has 0 N–H and O–H groups in total. The van der Waals surface area contributed by atoms with E-state index in [9.17, 15) is 0 Å². The van der Waals surface area contributed by atoms with Gasteiger partial charge >= 0.3 is 59.1 Å². The Hall–Kier alpha value is 0.620. The van der Waals surface area contributed by atoms with Gasteiger partial charge in [0.2, 0.25) is 0 Å². The molecule has 3 aromatic rings. The van der Waals surface area contributed by atoms with Crippen LogP contribution in [0.5, 0.6) is 0 Å². The van der Waals surface area contributed by atoms with Crippen LogP contribution in [0.2, 0.25) is 0 Å². The van der Waals surface area contributed by atoms with Crippen LogP contribution < -0.4 is 59.1 Å². The van der Waals surface area contributed by atoms with Crippen molar-refractivity contribution in [2.24, 2.45) is 0 Å². The quantitative estimate of drug-likeness (QED) is 0.262. The largest absolute Gasteiger partial charge is 1.00 e. The molecule has 3 aromatic carbocycles. The fourth-order valence-corrected chi connectivity index (χ4v) is 2.76. The zero-order valence-electron chi connectivity index (χ0n) is 10.4. The summed E-state index contributed by atoms with van der Waals surface area (Å²) < 4.78 is 0. The van der Waals surface area contributed by atoms with Gasteiger partial charge in [0.25, 0.3) is 0 Å². The minimum absolute atomic E-state index is 0. The molecule has 78 valence electrons. The summed E-state index contributed by atoms with van der Waals surface area (Å²) in [5.41, 5.74) is 0. The number of hydrogen-bond donors (Lipinski definition) is 0. The van der Waals surface area contributed by atoms with Crippen LogP contribution in [0, 0.1) is 0 Å². The van der Waals surface area contributed by atoms with Crippen molar-refractivity contribution in [3.8, 4) is 0 Å². The van der Waals surface area contributed by atoms with E-state index >= 15 is 0 Å². The summed E-state index contributed by atoms with van der Waals surface area (Å²) in [6, 6.07) is 16.2. The molecule has 18 heavy (non-hydrogen) atoms. The first kappa shape index (κ1) is 16.7. The molecule has 0 spiro atoms. The van der Waals surface area contributed by atoms with Gasteiger partial charge < -0.3 is 25.3 Å². The van der Waals surface area contributed by atoms with Gasteiger partial charge in [-0.1, -0.05) is 48.5 Å². The van der Waals surface area contributed by atoms with Gasteiger partial charge in [-0.05, 0) is 21.5 Å². The molecule has 0 aromatic heterocycles. The van der Waals surface area contributed by atoms with Crippen LogP contribution in [-0.2, 0) is 25.3 Å². The minimum atomic E-state index is 0. The van der Waals surface area contributed by atoms with Crippen LogP contribution in [-0.4, -0.2) is 0 Å². The zero-order valence-corrected chi connectivity index (χ0v) is 16.1. The van der Waals surface area contributed by atoms with Crippen molar-refractivity contribution in [1.82, 2.24) is 0 Å². The second kappa shape index (κ2) is 6.87. The van der Waals surface area contributed by atoms with Crippen molar-refractivity contribution in [3.63, 3.8) is 0 Å². The molecule has 0 bridgehead atoms. The maximum absolute atomic E-state index is 5.51. The third-order valence-corrected chi connectivity index (χ3v) is 3.71. The second-order valence-electron chi connectivity index (χ2n) is 3.75. The molecule has 0 radical (unpaired) electrons. The van der Waals surface area contributed by atoms with Gasteiger partial charge in [-0.3, -0.25) is 0 Å². The Labute approximate surface area is 162 Å². The van der Waals surface area contributed by atoms with Crippen molar-refractivity contribution < 1.29 is 59.1 Å². The van der Waals surface area contributed by atoms with Crippen LogP contribution in [0.4, 0.5) is 0 Å². The number of fused-ring (bicyclic) bond motifs is 2. The van der Waals surface area contributed by atoms with Crippen molar-refractivity contribution in [1.29, 1.82) is 0 Å². The monoisotopic (exact) mass is 286 g/mol. The molecule has 0 aliphatic heterocycles. The smallest absolute Gasteiger partial charge is 0.779 e. The minimum Gasteiger partial charge on any atom is -0.779 e. The van der Waals surface area contributed by atoms with Crippen molar-refractivity contribution in [2.45, 2.75) is 9.79 Å². The second-order valence-corrected chi connectivity index (χ2v) is 4.57. The topological polar surface area (TPSA) is 0 Å². The van der Waals surface area contributed by atoms with Crippen LogP contribution in [0.3, 0.4) is 0 Å². The average Bonchev–Trinajstić information content (AvgIpc) is 2.36. The molecule has 0 aliphatic carbocycles. The molecule has 0 saturated heterocycles. The van der Waals surface area contributed by atoms with E-state index in [2.05, 4.69) is 0 Å². The molecule has 0 fully saturated rings. The molecule has 0 nitrogen and oxygen atoms in total. The molecule has 4 heteroatoms. The van der Waals surface area contributed by atoms with Gasteiger partial charge in [0.05, 0.1) is 0 Å². The number of benzene rings is 3. The van der Waals surface area contributed by atoms with E-state index in [1.54, 1.807) is 0 Å². The van der Waals surface area contributed by atoms with Gasteiger partial charge in [-0.15, -0.1) is 0 Å². The molecule has 0 aliphatic rings. The summed E-state index contributed by atoms with van der Waals surface area (Å²) in [6.07, 6.45) is 0. The Morgan fingerprint density at radius 3 is 0.944 bits per heavy atom. The van der Waals surface area contributed by atoms with E-state index in [1.165, 1.54) is 0 Å². The molecular weight excluding hydrogens is 278 g/mol. The van der Waals surface area contributed by atoms with E-state index in [4.69, 9.17) is 25.3 Å². The number of hydrogen-bond acceptors (Lipinski definition) is 2. The standard InChI is InChI=1S/C14H10S2.2Na/c15-13-9-5-1-2-6-10(9)14(16)12-8-4-3-7-11(12)13;;/h1-8,15-16H;;/q;2*+1/p-2. The molecule has 0 unspecified atom stereocenters. The van der Waals surface area contributed by atoms with E-state index in [1.807, 2.05) is 48.5 Å². The SMILES string of the molecule is [Na+].[Na+].[S-]c1c2ccccc2c([S-])c2ccccc12. The third-order valence-electron chi connectivity index (χ3n) is 2.83. The first-order valence-corrected chi connectivity index (χ1v) is 5.88. The van der Waals surface area contributed by atoms with Gasteiger partial charge in [-0.2, -0.15) is 9.79 Å². The van der Waals surface area contributed by atoms with Gasteiger partial charge in [-0.25, -0.2) is 0 Å².